The highest BCUT2D eigenvalue weighted by atomic mass is 16.5. The third kappa shape index (κ3) is 18.7. The molecule has 0 aromatic heterocycles. The van der Waals surface area contributed by atoms with Crippen LogP contribution in [0.3, 0.4) is 0 Å². The minimum absolute atomic E-state index is 0.249. The molecule has 26 heavy (non-hydrogen) atoms. The van der Waals surface area contributed by atoms with Crippen LogP contribution in [-0.4, -0.2) is 56.1 Å². The Balaban J connectivity index is 3.24. The zero-order chi connectivity index (χ0) is 19.5. The standard InChI is InChI=1S/C23H50NO2/c1-5-6-7-8-9-10-11-12-13-14-15-16-17-18-21-26-23(2)22-24(3,4)19-20-25/h23,25H,5-22H2,1-4H3/q+1. The molecule has 0 aromatic carbocycles. The Morgan fingerprint density at radius 2 is 1.15 bits per heavy atom. The van der Waals surface area contributed by atoms with Gasteiger partial charge in [0.05, 0.1) is 20.7 Å². The lowest BCUT2D eigenvalue weighted by Crippen LogP contribution is -2.47. The van der Waals surface area contributed by atoms with Crippen molar-refractivity contribution >= 4 is 0 Å². The van der Waals surface area contributed by atoms with Crippen LogP contribution in [0, 0.1) is 0 Å². The van der Waals surface area contributed by atoms with Gasteiger partial charge in [0.2, 0.25) is 0 Å². The van der Waals surface area contributed by atoms with E-state index in [9.17, 15) is 0 Å². The van der Waals surface area contributed by atoms with Crippen molar-refractivity contribution in [3.05, 3.63) is 0 Å². The molecule has 0 aliphatic carbocycles. The van der Waals surface area contributed by atoms with E-state index >= 15 is 0 Å². The van der Waals surface area contributed by atoms with Crippen LogP contribution in [0.5, 0.6) is 0 Å². The van der Waals surface area contributed by atoms with Gasteiger partial charge >= 0.3 is 0 Å². The Kier molecular flexibility index (Phi) is 18.2. The van der Waals surface area contributed by atoms with E-state index in [2.05, 4.69) is 27.9 Å². The average Bonchev–Trinajstić information content (AvgIpc) is 2.57. The van der Waals surface area contributed by atoms with Crippen molar-refractivity contribution in [3.63, 3.8) is 0 Å². The number of ether oxygens (including phenoxy) is 1. The Hall–Kier alpha value is -0.120. The van der Waals surface area contributed by atoms with Crippen LogP contribution < -0.4 is 0 Å². The average molecular weight is 373 g/mol. The number of hydrogen-bond donors (Lipinski definition) is 1. The second-order valence-corrected chi connectivity index (χ2v) is 8.84. The maximum Gasteiger partial charge on any atom is 0.105 e. The van der Waals surface area contributed by atoms with Crippen LogP contribution >= 0.6 is 0 Å². The molecule has 0 rings (SSSR count). The topological polar surface area (TPSA) is 29.5 Å². The maximum absolute atomic E-state index is 9.08. The van der Waals surface area contributed by atoms with Crippen LogP contribution in [0.25, 0.3) is 0 Å². The van der Waals surface area contributed by atoms with E-state index in [1.807, 2.05) is 0 Å². The highest BCUT2D eigenvalue weighted by Gasteiger charge is 2.18. The van der Waals surface area contributed by atoms with Crippen molar-refractivity contribution in [2.75, 3.05) is 40.4 Å². The number of aliphatic hydroxyl groups is 1. The molecule has 158 valence electrons. The lowest BCUT2D eigenvalue weighted by atomic mass is 10.0. The number of quaternary nitrogens is 1. The highest BCUT2D eigenvalue weighted by Crippen LogP contribution is 2.13. The predicted octanol–water partition coefficient (Wildman–Crippen LogP) is 5.94. The number of unbranched alkanes of at least 4 members (excludes halogenated alkanes) is 13. The Morgan fingerprint density at radius 3 is 1.58 bits per heavy atom. The van der Waals surface area contributed by atoms with Crippen molar-refractivity contribution in [1.29, 1.82) is 0 Å². The first-order chi connectivity index (χ1) is 12.5. The normalized spacial score (nSPS) is 13.3. The van der Waals surface area contributed by atoms with Crippen LogP contribution in [-0.2, 0) is 4.74 Å². The van der Waals surface area contributed by atoms with Crippen molar-refractivity contribution in [3.8, 4) is 0 Å². The third-order valence-corrected chi connectivity index (χ3v) is 5.36. The zero-order valence-electron chi connectivity index (χ0n) is 18.6. The predicted molar refractivity (Wildman–Crippen MR) is 115 cm³/mol. The number of likely N-dealkylation sites (N-methyl/N-ethyl adjacent to an activating group) is 1. The third-order valence-electron chi connectivity index (χ3n) is 5.36. The van der Waals surface area contributed by atoms with Gasteiger partial charge in [-0.05, 0) is 13.3 Å². The van der Waals surface area contributed by atoms with E-state index in [1.165, 1.54) is 89.9 Å². The largest absolute Gasteiger partial charge is 0.391 e. The molecule has 0 saturated heterocycles. The van der Waals surface area contributed by atoms with Gasteiger partial charge in [0.25, 0.3) is 0 Å². The molecule has 0 fully saturated rings. The Labute approximate surface area is 165 Å². The van der Waals surface area contributed by atoms with E-state index < -0.39 is 0 Å². The molecule has 0 bridgehead atoms. The van der Waals surface area contributed by atoms with E-state index in [4.69, 9.17) is 9.84 Å². The summed E-state index contributed by atoms with van der Waals surface area (Å²) in [5, 5.41) is 9.08. The first kappa shape index (κ1) is 25.9. The van der Waals surface area contributed by atoms with Crippen molar-refractivity contribution in [1.82, 2.24) is 0 Å². The van der Waals surface area contributed by atoms with Crippen LogP contribution in [0.15, 0.2) is 0 Å². The van der Waals surface area contributed by atoms with E-state index in [0.29, 0.717) is 0 Å². The molecule has 3 heteroatoms. The number of nitrogens with zero attached hydrogens (tertiary/aromatic N) is 1. The fourth-order valence-corrected chi connectivity index (χ4v) is 3.69. The summed E-state index contributed by atoms with van der Waals surface area (Å²) < 4.78 is 6.76. The van der Waals surface area contributed by atoms with Crippen molar-refractivity contribution in [2.45, 2.75) is 110 Å². The van der Waals surface area contributed by atoms with Gasteiger partial charge in [0.15, 0.2) is 0 Å². The van der Waals surface area contributed by atoms with Gasteiger partial charge in [-0.1, -0.05) is 90.4 Å². The molecule has 0 spiro atoms. The summed E-state index contributed by atoms with van der Waals surface area (Å²) in [4.78, 5) is 0. The summed E-state index contributed by atoms with van der Waals surface area (Å²) in [5.41, 5.74) is 0. The van der Waals surface area contributed by atoms with Crippen LogP contribution in [0.2, 0.25) is 0 Å². The number of hydrogen-bond acceptors (Lipinski definition) is 2. The summed E-state index contributed by atoms with van der Waals surface area (Å²) in [6.45, 7) is 7.35. The summed E-state index contributed by atoms with van der Waals surface area (Å²) >= 11 is 0. The minimum Gasteiger partial charge on any atom is -0.391 e. The fourth-order valence-electron chi connectivity index (χ4n) is 3.69. The molecule has 1 N–H and O–H groups in total. The Morgan fingerprint density at radius 1 is 0.731 bits per heavy atom. The SMILES string of the molecule is CCCCCCCCCCCCCCCCOC(C)C[N+](C)(C)CCO. The van der Waals surface area contributed by atoms with Gasteiger partial charge < -0.3 is 14.3 Å². The molecule has 1 unspecified atom stereocenters. The van der Waals surface area contributed by atoms with E-state index in [1.54, 1.807) is 0 Å². The van der Waals surface area contributed by atoms with Crippen LogP contribution in [0.4, 0.5) is 0 Å². The number of rotatable bonds is 20. The first-order valence-electron chi connectivity index (χ1n) is 11.6. The molecule has 0 amide bonds. The summed E-state index contributed by atoms with van der Waals surface area (Å²) in [5.74, 6) is 0. The van der Waals surface area contributed by atoms with Gasteiger partial charge in [-0.25, -0.2) is 0 Å². The first-order valence-corrected chi connectivity index (χ1v) is 11.6. The van der Waals surface area contributed by atoms with Gasteiger partial charge in [0.1, 0.15) is 19.2 Å². The maximum atomic E-state index is 9.08. The summed E-state index contributed by atoms with van der Waals surface area (Å²) in [6.07, 6.45) is 19.8. The van der Waals surface area contributed by atoms with Gasteiger partial charge in [-0.15, -0.1) is 0 Å². The highest BCUT2D eigenvalue weighted by molar-refractivity contribution is 4.51. The van der Waals surface area contributed by atoms with Gasteiger partial charge in [-0.2, -0.15) is 0 Å². The fraction of sp³-hybridized carbons (Fsp3) is 1.00. The van der Waals surface area contributed by atoms with Gasteiger partial charge in [-0.3, -0.25) is 0 Å². The second kappa shape index (κ2) is 18.3. The molecule has 0 radical (unpaired) electrons. The smallest absolute Gasteiger partial charge is 0.105 e. The summed E-state index contributed by atoms with van der Waals surface area (Å²) in [7, 11) is 4.31. The monoisotopic (exact) mass is 372 g/mol. The molecule has 0 aromatic rings. The van der Waals surface area contributed by atoms with Gasteiger partial charge in [0, 0.05) is 6.61 Å². The molecule has 3 nitrogen and oxygen atoms in total. The van der Waals surface area contributed by atoms with Crippen molar-refractivity contribution in [2.24, 2.45) is 0 Å². The lowest BCUT2D eigenvalue weighted by molar-refractivity contribution is -0.893. The van der Waals surface area contributed by atoms with Crippen LogP contribution in [0.1, 0.15) is 104 Å². The minimum atomic E-state index is 0.249. The molecule has 0 aliphatic heterocycles. The molecule has 0 aliphatic rings. The molecular formula is C23H50NO2+. The van der Waals surface area contributed by atoms with Crippen molar-refractivity contribution < 1.29 is 14.3 Å². The van der Waals surface area contributed by atoms with E-state index in [0.717, 1.165) is 24.2 Å². The van der Waals surface area contributed by atoms with E-state index in [-0.39, 0.29) is 12.7 Å². The summed E-state index contributed by atoms with van der Waals surface area (Å²) in [6, 6.07) is 0. The second-order valence-electron chi connectivity index (χ2n) is 8.84. The number of aliphatic hydroxyl groups excluding tert-OH is 1. The molecule has 0 heterocycles. The molecule has 1 atom stereocenters. The lowest BCUT2D eigenvalue weighted by Gasteiger charge is -2.31. The molecular weight excluding hydrogens is 322 g/mol. The quantitative estimate of drug-likeness (QED) is 0.212. The zero-order valence-corrected chi connectivity index (χ0v) is 18.6. The molecule has 0 saturated carbocycles. The Bertz CT molecular complexity index is 281.